The van der Waals surface area contributed by atoms with Crippen LogP contribution in [0.5, 0.6) is 0 Å². The van der Waals surface area contributed by atoms with Gasteiger partial charge in [-0.1, -0.05) is 18.2 Å². The first-order valence-electron chi connectivity index (χ1n) is 12.6. The van der Waals surface area contributed by atoms with Crippen molar-refractivity contribution >= 4 is 33.0 Å². The summed E-state index contributed by atoms with van der Waals surface area (Å²) in [7, 11) is -3.86. The fraction of sp³-hybridized carbons (Fsp3) is 0.370. The summed E-state index contributed by atoms with van der Waals surface area (Å²) in [4.78, 5) is 16.6. The second kappa shape index (κ2) is 10.1. The van der Waals surface area contributed by atoms with Crippen LogP contribution >= 0.6 is 11.3 Å². The first kappa shape index (κ1) is 26.3. The Bertz CT molecular complexity index is 1580. The Hall–Kier alpha value is -3.28. The third-order valence-electron chi connectivity index (χ3n) is 6.64. The Balaban J connectivity index is 1.51. The first-order chi connectivity index (χ1) is 18.0. The summed E-state index contributed by atoms with van der Waals surface area (Å²) in [5, 5.41) is 16.9. The summed E-state index contributed by atoms with van der Waals surface area (Å²) in [5.74, 6) is 0.228. The lowest BCUT2D eigenvalue weighted by Crippen LogP contribution is -2.40. The van der Waals surface area contributed by atoms with Crippen molar-refractivity contribution in [2.24, 2.45) is 0 Å². The molecule has 1 saturated carbocycles. The zero-order chi connectivity index (χ0) is 27.1. The largest absolute Gasteiger partial charge is 0.465 e. The van der Waals surface area contributed by atoms with E-state index in [0.29, 0.717) is 5.56 Å². The Labute approximate surface area is 226 Å². The monoisotopic (exact) mass is 553 g/mol. The second-order valence-corrected chi connectivity index (χ2v) is 13.4. The molecule has 200 valence electrons. The van der Waals surface area contributed by atoms with E-state index in [2.05, 4.69) is 20.1 Å². The Morgan fingerprint density at radius 2 is 1.84 bits per heavy atom. The van der Waals surface area contributed by atoms with Crippen LogP contribution in [0.3, 0.4) is 0 Å². The molecule has 1 aromatic carbocycles. The number of nitrogens with zero attached hydrogens (tertiary/aromatic N) is 3. The van der Waals surface area contributed by atoms with Gasteiger partial charge in [-0.3, -0.25) is 0 Å². The van der Waals surface area contributed by atoms with Crippen LogP contribution in [0.15, 0.2) is 59.9 Å². The highest BCUT2D eigenvalue weighted by atomic mass is 32.2. The number of fused-ring (bicyclic) bond motifs is 1. The molecular weight excluding hydrogens is 522 g/mol. The van der Waals surface area contributed by atoms with Gasteiger partial charge in [-0.2, -0.15) is 5.10 Å². The van der Waals surface area contributed by atoms with Gasteiger partial charge in [-0.05, 0) is 70.2 Å². The van der Waals surface area contributed by atoms with Gasteiger partial charge in [0.1, 0.15) is 0 Å². The molecule has 11 heteroatoms. The molecule has 4 aromatic rings. The van der Waals surface area contributed by atoms with Crippen molar-refractivity contribution in [1.29, 1.82) is 0 Å². The molecule has 5 rings (SSSR count). The molecule has 3 aromatic heterocycles. The highest BCUT2D eigenvalue weighted by Gasteiger charge is 2.29. The lowest BCUT2D eigenvalue weighted by Gasteiger charge is -2.27. The Kier molecular flexibility index (Phi) is 7.01. The van der Waals surface area contributed by atoms with Gasteiger partial charge in [0.05, 0.1) is 26.5 Å². The minimum Gasteiger partial charge on any atom is -0.465 e. The van der Waals surface area contributed by atoms with Crippen LogP contribution in [0.2, 0.25) is 0 Å². The van der Waals surface area contributed by atoms with Crippen LogP contribution in [0.25, 0.3) is 27.1 Å². The van der Waals surface area contributed by atoms with Gasteiger partial charge in [0.2, 0.25) is 10.0 Å². The number of sulfonamides is 1. The SMILES string of the molecule is CC(C)(C)NS(=O)(=O)c1cc(-c2cnn3ccccc23)ccc1-c1cnc([C@H]2CC[C@H](NC(=O)O)CC2)s1. The van der Waals surface area contributed by atoms with Crippen LogP contribution < -0.4 is 10.0 Å². The van der Waals surface area contributed by atoms with E-state index in [4.69, 9.17) is 5.11 Å². The summed E-state index contributed by atoms with van der Waals surface area (Å²) in [5.41, 5.74) is 2.45. The molecule has 0 radical (unpaired) electrons. The molecule has 0 aliphatic heterocycles. The predicted molar refractivity (Wildman–Crippen MR) is 148 cm³/mol. The molecule has 3 N–H and O–H groups in total. The van der Waals surface area contributed by atoms with E-state index in [9.17, 15) is 13.2 Å². The fourth-order valence-electron chi connectivity index (χ4n) is 4.99. The number of rotatable bonds is 6. The minimum atomic E-state index is -3.86. The minimum absolute atomic E-state index is 0.0316. The highest BCUT2D eigenvalue weighted by Crippen LogP contribution is 2.40. The van der Waals surface area contributed by atoms with Gasteiger partial charge in [0.15, 0.2) is 0 Å². The van der Waals surface area contributed by atoms with Crippen LogP contribution in [-0.4, -0.2) is 45.8 Å². The van der Waals surface area contributed by atoms with Gasteiger partial charge >= 0.3 is 6.09 Å². The van der Waals surface area contributed by atoms with Crippen molar-refractivity contribution in [2.45, 2.75) is 68.8 Å². The van der Waals surface area contributed by atoms with Gasteiger partial charge in [-0.15, -0.1) is 11.3 Å². The van der Waals surface area contributed by atoms with Gasteiger partial charge < -0.3 is 10.4 Å². The van der Waals surface area contributed by atoms with E-state index in [1.165, 1.54) is 11.3 Å². The summed E-state index contributed by atoms with van der Waals surface area (Å²) in [6, 6.07) is 11.2. The van der Waals surface area contributed by atoms with Crippen LogP contribution in [0.4, 0.5) is 4.79 Å². The number of thiazole rings is 1. The summed E-state index contributed by atoms with van der Waals surface area (Å²) < 4.78 is 31.9. The van der Waals surface area contributed by atoms with Crippen molar-refractivity contribution < 1.29 is 18.3 Å². The number of nitrogens with one attached hydrogen (secondary N) is 2. The number of carbonyl (C=O) groups is 1. The van der Waals surface area contributed by atoms with E-state index < -0.39 is 21.7 Å². The third-order valence-corrected chi connectivity index (χ3v) is 9.63. The summed E-state index contributed by atoms with van der Waals surface area (Å²) in [6.07, 6.45) is 7.56. The maximum Gasteiger partial charge on any atom is 0.404 e. The lowest BCUT2D eigenvalue weighted by molar-refractivity contribution is 0.185. The highest BCUT2D eigenvalue weighted by molar-refractivity contribution is 7.89. The number of aromatic nitrogens is 3. The zero-order valence-electron chi connectivity index (χ0n) is 21.5. The smallest absolute Gasteiger partial charge is 0.404 e. The number of amides is 1. The number of benzene rings is 1. The van der Waals surface area contributed by atoms with E-state index in [1.54, 1.807) is 23.0 Å². The van der Waals surface area contributed by atoms with Crippen LogP contribution in [-0.2, 0) is 10.0 Å². The van der Waals surface area contributed by atoms with Gasteiger partial charge in [0, 0.05) is 41.0 Å². The van der Waals surface area contributed by atoms with E-state index in [1.807, 2.05) is 57.3 Å². The fourth-order valence-corrected chi connectivity index (χ4v) is 7.85. The average Bonchev–Trinajstić information content (AvgIpc) is 3.50. The normalized spacial score (nSPS) is 18.5. The van der Waals surface area contributed by atoms with Crippen LogP contribution in [0, 0.1) is 0 Å². The van der Waals surface area contributed by atoms with E-state index in [0.717, 1.165) is 52.2 Å². The van der Waals surface area contributed by atoms with Crippen molar-refractivity contribution in [3.05, 3.63) is 60.0 Å². The molecule has 1 fully saturated rings. The molecule has 0 spiro atoms. The standard InChI is InChI=1S/C27H31N5O4S2/c1-27(2,3)31-38(35,36)24-14-18(21-15-29-32-13-5-4-6-22(21)32)9-12-20(24)23-16-28-25(37-23)17-7-10-19(11-8-17)30-26(33)34/h4-6,9,12-17,19,30-31H,7-8,10-11H2,1-3H3,(H,33,34)/t17-,19-. The Morgan fingerprint density at radius 3 is 2.55 bits per heavy atom. The van der Waals surface area contributed by atoms with Gasteiger partial charge in [0.25, 0.3) is 0 Å². The average molecular weight is 554 g/mol. The van der Waals surface area contributed by atoms with Crippen molar-refractivity contribution in [2.75, 3.05) is 0 Å². The number of pyridine rings is 1. The number of carboxylic acid groups (broad SMARTS) is 1. The topological polar surface area (TPSA) is 126 Å². The van der Waals surface area contributed by atoms with Crippen LogP contribution in [0.1, 0.15) is 57.4 Å². The molecular formula is C27H31N5O4S2. The molecule has 0 unspecified atom stereocenters. The van der Waals surface area contributed by atoms with Crippen molar-refractivity contribution in [3.8, 4) is 21.6 Å². The second-order valence-electron chi connectivity index (χ2n) is 10.7. The molecule has 1 aliphatic rings. The maximum absolute atomic E-state index is 13.7. The summed E-state index contributed by atoms with van der Waals surface area (Å²) >= 11 is 1.51. The van der Waals surface area contributed by atoms with Gasteiger partial charge in [-0.25, -0.2) is 27.4 Å². The number of hydrogen-bond acceptors (Lipinski definition) is 6. The zero-order valence-corrected chi connectivity index (χ0v) is 23.1. The quantitative estimate of drug-likeness (QED) is 0.290. The first-order valence-corrected chi connectivity index (χ1v) is 14.9. The lowest BCUT2D eigenvalue weighted by atomic mass is 9.86. The van der Waals surface area contributed by atoms with E-state index >= 15 is 0 Å². The molecule has 3 heterocycles. The Morgan fingerprint density at radius 1 is 1.08 bits per heavy atom. The third kappa shape index (κ3) is 5.59. The molecule has 9 nitrogen and oxygen atoms in total. The van der Waals surface area contributed by atoms with Crippen molar-refractivity contribution in [1.82, 2.24) is 24.6 Å². The maximum atomic E-state index is 13.7. The van der Waals surface area contributed by atoms with E-state index in [-0.39, 0.29) is 16.9 Å². The molecule has 1 aliphatic carbocycles. The summed E-state index contributed by atoms with van der Waals surface area (Å²) in [6.45, 7) is 5.46. The molecule has 0 atom stereocenters. The molecule has 0 bridgehead atoms. The molecule has 0 saturated heterocycles. The molecule has 1 amide bonds. The predicted octanol–water partition coefficient (Wildman–Crippen LogP) is 5.50. The number of hydrogen-bond donors (Lipinski definition) is 3. The van der Waals surface area contributed by atoms with Crippen molar-refractivity contribution in [3.63, 3.8) is 0 Å². The molecule has 38 heavy (non-hydrogen) atoms.